The molecular formula is C61H39N7. The molecular weight excluding hydrogens is 831 g/mol. The summed E-state index contributed by atoms with van der Waals surface area (Å²) in [5.74, 6) is 2.41. The molecule has 0 bridgehead atoms. The Bertz CT molecular complexity index is 3940. The Hall–Kier alpha value is -9.33. The van der Waals surface area contributed by atoms with Gasteiger partial charge in [0.25, 0.3) is 0 Å². The first-order valence-electron chi connectivity index (χ1n) is 22.8. The summed E-state index contributed by atoms with van der Waals surface area (Å²) < 4.78 is 4.61. The van der Waals surface area contributed by atoms with Crippen LogP contribution in [0.4, 0.5) is 0 Å². The van der Waals surface area contributed by atoms with Crippen LogP contribution in [0.1, 0.15) is 0 Å². The second-order valence-electron chi connectivity index (χ2n) is 16.9. The molecule has 7 nitrogen and oxygen atoms in total. The largest absolute Gasteiger partial charge is 0.307 e. The molecule has 0 unspecified atom stereocenters. The molecule has 0 spiro atoms. The fourth-order valence-electron chi connectivity index (χ4n) is 9.60. The minimum Gasteiger partial charge on any atom is -0.307 e. The second-order valence-corrected chi connectivity index (χ2v) is 16.9. The highest BCUT2D eigenvalue weighted by Crippen LogP contribution is 2.42. The maximum absolute atomic E-state index is 5.28. The van der Waals surface area contributed by atoms with E-state index in [1.165, 1.54) is 0 Å². The van der Waals surface area contributed by atoms with Crippen molar-refractivity contribution in [3.63, 3.8) is 0 Å². The zero-order chi connectivity index (χ0) is 45.0. The van der Waals surface area contributed by atoms with Gasteiger partial charge >= 0.3 is 0 Å². The molecule has 0 aliphatic heterocycles. The Kier molecular flexibility index (Phi) is 9.35. The average Bonchev–Trinajstić information content (AvgIpc) is 3.95. The van der Waals surface area contributed by atoms with Crippen LogP contribution in [-0.4, -0.2) is 34.1 Å². The van der Waals surface area contributed by atoms with Gasteiger partial charge in [0.05, 0.1) is 33.5 Å². The lowest BCUT2D eigenvalue weighted by molar-refractivity contribution is 0.953. The van der Waals surface area contributed by atoms with Crippen molar-refractivity contribution in [1.82, 2.24) is 34.1 Å². The normalized spacial score (nSPS) is 11.5. The topological polar surface area (TPSA) is 74.3 Å². The van der Waals surface area contributed by atoms with Crippen LogP contribution in [0.3, 0.4) is 0 Å². The standard InChI is InChI=1S/C61H39N7/c1-5-18-40(19-6-1)45-26-17-27-46(38-45)53-39-52(41-20-7-2-8-21-41)62-58(63-53)44-32-34-47(35-33-44)67-54-30-15-13-28-48(54)50-36-37-51-49-29-14-16-31-55(49)68(57(51)56(50)67)61-65-59(42-22-9-3-10-23-42)64-60(66-61)43-24-11-4-12-25-43/h1-39H. The van der Waals surface area contributed by atoms with Gasteiger partial charge in [0.15, 0.2) is 17.5 Å². The number of para-hydroxylation sites is 2. The Morgan fingerprint density at radius 1 is 0.250 bits per heavy atom. The molecule has 13 aromatic rings. The van der Waals surface area contributed by atoms with Crippen molar-refractivity contribution in [2.45, 2.75) is 0 Å². The summed E-state index contributed by atoms with van der Waals surface area (Å²) in [4.78, 5) is 26.1. The van der Waals surface area contributed by atoms with E-state index in [1.54, 1.807) is 0 Å². The number of fused-ring (bicyclic) bond motifs is 7. The Morgan fingerprint density at radius 3 is 1.26 bits per heavy atom. The van der Waals surface area contributed by atoms with Gasteiger partial charge in [-0.15, -0.1) is 0 Å². The lowest BCUT2D eigenvalue weighted by atomic mass is 10.0. The molecule has 0 saturated carbocycles. The molecule has 7 heteroatoms. The van der Waals surface area contributed by atoms with E-state index in [-0.39, 0.29) is 0 Å². The molecule has 0 aliphatic rings. The van der Waals surface area contributed by atoms with E-state index in [9.17, 15) is 0 Å². The summed E-state index contributed by atoms with van der Waals surface area (Å²) in [6, 6.07) is 82.1. The van der Waals surface area contributed by atoms with Crippen LogP contribution >= 0.6 is 0 Å². The number of hydrogen-bond donors (Lipinski definition) is 0. The molecule has 4 heterocycles. The van der Waals surface area contributed by atoms with Crippen molar-refractivity contribution in [2.75, 3.05) is 0 Å². The van der Waals surface area contributed by atoms with Crippen molar-refractivity contribution in [1.29, 1.82) is 0 Å². The molecule has 0 aliphatic carbocycles. The van der Waals surface area contributed by atoms with Crippen molar-refractivity contribution >= 4 is 43.6 Å². The van der Waals surface area contributed by atoms with Crippen LogP contribution in [0.5, 0.6) is 0 Å². The maximum Gasteiger partial charge on any atom is 0.238 e. The number of rotatable bonds is 8. The van der Waals surface area contributed by atoms with Crippen LogP contribution < -0.4 is 0 Å². The maximum atomic E-state index is 5.28. The van der Waals surface area contributed by atoms with Gasteiger partial charge in [0.1, 0.15) is 0 Å². The Balaban J connectivity index is 1.02. The van der Waals surface area contributed by atoms with E-state index in [4.69, 9.17) is 24.9 Å². The SMILES string of the molecule is c1ccc(-c2cccc(-c3cc(-c4ccccc4)nc(-c4ccc(-n5c6ccccc6c6ccc7c8ccccc8n(-c8nc(-c9ccccc9)nc(-c9ccccc9)n8)c7c65)cc4)n3)c2)cc1. The first-order chi connectivity index (χ1) is 33.7. The highest BCUT2D eigenvalue weighted by molar-refractivity contribution is 6.23. The second kappa shape index (κ2) is 16.3. The van der Waals surface area contributed by atoms with Gasteiger partial charge in [-0.2, -0.15) is 9.97 Å². The monoisotopic (exact) mass is 869 g/mol. The highest BCUT2D eigenvalue weighted by Gasteiger charge is 2.24. The quantitative estimate of drug-likeness (QED) is 0.152. The molecule has 0 radical (unpaired) electrons. The lowest BCUT2D eigenvalue weighted by Crippen LogP contribution is -2.07. The smallest absolute Gasteiger partial charge is 0.238 e. The van der Waals surface area contributed by atoms with Crippen LogP contribution in [0, 0.1) is 0 Å². The Morgan fingerprint density at radius 2 is 0.676 bits per heavy atom. The summed E-state index contributed by atoms with van der Waals surface area (Å²) in [7, 11) is 0. The molecule has 318 valence electrons. The van der Waals surface area contributed by atoms with Crippen LogP contribution in [-0.2, 0) is 0 Å². The number of nitrogens with zero attached hydrogens (tertiary/aromatic N) is 7. The van der Waals surface area contributed by atoms with Crippen molar-refractivity contribution < 1.29 is 0 Å². The molecule has 0 N–H and O–H groups in total. The number of hydrogen-bond acceptors (Lipinski definition) is 5. The van der Waals surface area contributed by atoms with Gasteiger partial charge in [0.2, 0.25) is 5.95 Å². The predicted molar refractivity (Wildman–Crippen MR) is 277 cm³/mol. The van der Waals surface area contributed by atoms with Gasteiger partial charge in [-0.05, 0) is 59.7 Å². The zero-order valence-corrected chi connectivity index (χ0v) is 36.6. The third-order valence-electron chi connectivity index (χ3n) is 12.8. The van der Waals surface area contributed by atoms with Crippen LogP contribution in [0.2, 0.25) is 0 Å². The number of benzene rings is 9. The fourth-order valence-corrected chi connectivity index (χ4v) is 9.60. The number of aromatic nitrogens is 7. The third kappa shape index (κ3) is 6.72. The third-order valence-corrected chi connectivity index (χ3v) is 12.8. The minimum atomic E-state index is 0.545. The fraction of sp³-hybridized carbons (Fsp3) is 0. The molecule has 0 amide bonds. The zero-order valence-electron chi connectivity index (χ0n) is 36.6. The minimum absolute atomic E-state index is 0.545. The Labute approximate surface area is 392 Å². The van der Waals surface area contributed by atoms with E-state index in [0.717, 1.165) is 99.6 Å². The highest BCUT2D eigenvalue weighted by atomic mass is 15.2. The average molecular weight is 870 g/mol. The molecule has 0 fully saturated rings. The molecule has 0 atom stereocenters. The summed E-state index contributed by atoms with van der Waals surface area (Å²) in [5, 5.41) is 4.49. The van der Waals surface area contributed by atoms with Gasteiger partial charge in [-0.3, -0.25) is 4.57 Å². The molecule has 4 aromatic heterocycles. The van der Waals surface area contributed by atoms with Gasteiger partial charge < -0.3 is 4.57 Å². The van der Waals surface area contributed by atoms with E-state index in [1.807, 2.05) is 72.8 Å². The first kappa shape index (κ1) is 39.1. The van der Waals surface area contributed by atoms with Crippen molar-refractivity contribution in [3.05, 3.63) is 237 Å². The summed E-state index contributed by atoms with van der Waals surface area (Å²) in [6.45, 7) is 0. The van der Waals surface area contributed by atoms with E-state index in [2.05, 4.69) is 173 Å². The van der Waals surface area contributed by atoms with E-state index >= 15 is 0 Å². The van der Waals surface area contributed by atoms with Crippen LogP contribution in [0.15, 0.2) is 237 Å². The summed E-state index contributed by atoms with van der Waals surface area (Å²) >= 11 is 0. The van der Waals surface area contributed by atoms with Gasteiger partial charge in [-0.1, -0.05) is 188 Å². The van der Waals surface area contributed by atoms with Gasteiger partial charge in [-0.25, -0.2) is 15.0 Å². The van der Waals surface area contributed by atoms with Crippen molar-refractivity contribution in [2.24, 2.45) is 0 Å². The lowest BCUT2D eigenvalue weighted by Gasteiger charge is -2.14. The molecule has 13 rings (SSSR count). The van der Waals surface area contributed by atoms with Crippen molar-refractivity contribution in [3.8, 4) is 79.4 Å². The first-order valence-corrected chi connectivity index (χ1v) is 22.8. The molecule has 0 saturated heterocycles. The van der Waals surface area contributed by atoms with E-state index < -0.39 is 0 Å². The molecule has 68 heavy (non-hydrogen) atoms. The summed E-state index contributed by atoms with van der Waals surface area (Å²) in [5.41, 5.74) is 14.0. The van der Waals surface area contributed by atoms with Gasteiger partial charge in [0, 0.05) is 55.0 Å². The summed E-state index contributed by atoms with van der Waals surface area (Å²) in [6.07, 6.45) is 0. The predicted octanol–water partition coefficient (Wildman–Crippen LogP) is 14.9. The van der Waals surface area contributed by atoms with E-state index in [0.29, 0.717) is 23.4 Å². The molecule has 9 aromatic carbocycles. The van der Waals surface area contributed by atoms with Crippen LogP contribution in [0.25, 0.3) is 123 Å².